The molecule has 4 nitrogen and oxygen atoms in total. The number of hydrogen-bond acceptors (Lipinski definition) is 4. The number of halogens is 1. The first-order chi connectivity index (χ1) is 6.66. The Kier molecular flexibility index (Phi) is 2.69. The molecule has 1 aromatic heterocycles. The summed E-state index contributed by atoms with van der Waals surface area (Å²) in [6, 6.07) is 0. The van der Waals surface area contributed by atoms with E-state index in [1.807, 2.05) is 0 Å². The van der Waals surface area contributed by atoms with E-state index in [4.69, 9.17) is 5.73 Å². The summed E-state index contributed by atoms with van der Waals surface area (Å²) in [5, 5.41) is 9.40. The zero-order valence-corrected chi connectivity index (χ0v) is 9.24. The third-order valence-corrected chi connectivity index (χ3v) is 3.18. The van der Waals surface area contributed by atoms with Crippen LogP contribution in [-0.4, -0.2) is 21.2 Å². The number of rotatable bonds is 1. The maximum Gasteiger partial charge on any atom is 0.156 e. The van der Waals surface area contributed by atoms with E-state index >= 15 is 0 Å². The van der Waals surface area contributed by atoms with Crippen LogP contribution in [0.3, 0.4) is 0 Å². The molecule has 1 saturated carbocycles. The second kappa shape index (κ2) is 3.82. The van der Waals surface area contributed by atoms with Crippen LogP contribution in [0.25, 0.3) is 0 Å². The summed E-state index contributed by atoms with van der Waals surface area (Å²) in [7, 11) is 0. The Hall–Kier alpha value is -0.680. The molecule has 0 spiro atoms. The third-order valence-electron chi connectivity index (χ3n) is 2.60. The van der Waals surface area contributed by atoms with Crippen LogP contribution in [0.1, 0.15) is 30.9 Å². The predicted octanol–water partition coefficient (Wildman–Crippen LogP) is 1.45. The molecule has 1 aliphatic rings. The van der Waals surface area contributed by atoms with E-state index in [0.717, 1.165) is 25.0 Å². The maximum atomic E-state index is 9.40. The average Bonchev–Trinajstić information content (AvgIpc) is 2.57. The van der Waals surface area contributed by atoms with Crippen LogP contribution in [0, 0.1) is 0 Å². The van der Waals surface area contributed by atoms with Gasteiger partial charge >= 0.3 is 0 Å². The molecule has 5 heteroatoms. The molecule has 1 aliphatic carbocycles. The normalized spacial score (nSPS) is 26.7. The summed E-state index contributed by atoms with van der Waals surface area (Å²) in [4.78, 5) is 8.34. The number of nitrogens with zero attached hydrogens (tertiary/aromatic N) is 2. The fourth-order valence-electron chi connectivity index (χ4n) is 1.81. The van der Waals surface area contributed by atoms with Gasteiger partial charge in [-0.1, -0.05) is 0 Å². The van der Waals surface area contributed by atoms with Gasteiger partial charge in [-0.15, -0.1) is 0 Å². The van der Waals surface area contributed by atoms with Gasteiger partial charge in [-0.2, -0.15) is 0 Å². The number of aliphatic hydroxyl groups is 1. The molecule has 0 bridgehead atoms. The van der Waals surface area contributed by atoms with Crippen molar-refractivity contribution in [1.82, 2.24) is 9.97 Å². The summed E-state index contributed by atoms with van der Waals surface area (Å²) >= 11 is 3.25. The van der Waals surface area contributed by atoms with Gasteiger partial charge in [-0.05, 0) is 35.2 Å². The molecule has 0 aliphatic heterocycles. The molecule has 2 atom stereocenters. The molecule has 0 saturated heterocycles. The van der Waals surface area contributed by atoms with E-state index in [9.17, 15) is 5.11 Å². The second-order valence-corrected chi connectivity index (χ2v) is 4.39. The van der Waals surface area contributed by atoms with Crippen molar-refractivity contribution < 1.29 is 5.11 Å². The first-order valence-electron chi connectivity index (χ1n) is 4.63. The highest BCUT2D eigenvalue weighted by Gasteiger charge is 2.25. The molecule has 2 rings (SSSR count). The first-order valence-corrected chi connectivity index (χ1v) is 5.42. The molecule has 14 heavy (non-hydrogen) atoms. The highest BCUT2D eigenvalue weighted by Crippen LogP contribution is 2.33. The van der Waals surface area contributed by atoms with Crippen LogP contribution >= 0.6 is 15.9 Å². The topological polar surface area (TPSA) is 72.0 Å². The van der Waals surface area contributed by atoms with E-state index in [1.165, 1.54) is 0 Å². The van der Waals surface area contributed by atoms with Crippen LogP contribution in [0.4, 0.5) is 5.82 Å². The largest absolute Gasteiger partial charge is 0.393 e. The van der Waals surface area contributed by atoms with Crippen LogP contribution in [-0.2, 0) is 0 Å². The summed E-state index contributed by atoms with van der Waals surface area (Å²) in [5.74, 6) is 0.738. The molecule has 3 N–H and O–H groups in total. The Balaban J connectivity index is 2.20. The maximum absolute atomic E-state index is 9.40. The van der Waals surface area contributed by atoms with Gasteiger partial charge in [-0.25, -0.2) is 9.97 Å². The molecule has 0 aromatic carbocycles. The van der Waals surface area contributed by atoms with Crippen molar-refractivity contribution in [2.75, 3.05) is 5.73 Å². The van der Waals surface area contributed by atoms with Gasteiger partial charge in [-0.3, -0.25) is 0 Å². The zero-order chi connectivity index (χ0) is 10.1. The van der Waals surface area contributed by atoms with E-state index in [1.54, 1.807) is 6.20 Å². The van der Waals surface area contributed by atoms with Crippen molar-refractivity contribution in [2.45, 2.75) is 31.3 Å². The minimum absolute atomic E-state index is 0.182. The predicted molar refractivity (Wildman–Crippen MR) is 56.7 cm³/mol. The van der Waals surface area contributed by atoms with Gasteiger partial charge < -0.3 is 10.8 Å². The number of aromatic nitrogens is 2. The standard InChI is InChI=1S/C9H12BrN3O/c10-8-9(11)12-4-7(13-8)5-1-2-6(14)3-5/h4-6,14H,1-3H2,(H2,11,12)/t5-,6-/m1/s1. The number of nitrogen functional groups attached to an aromatic ring is 1. The number of anilines is 1. The molecule has 0 unspecified atom stereocenters. The van der Waals surface area contributed by atoms with Crippen LogP contribution in [0.2, 0.25) is 0 Å². The van der Waals surface area contributed by atoms with Crippen molar-refractivity contribution in [3.05, 3.63) is 16.5 Å². The summed E-state index contributed by atoms with van der Waals surface area (Å²) in [5.41, 5.74) is 6.46. The second-order valence-electron chi connectivity index (χ2n) is 3.63. The highest BCUT2D eigenvalue weighted by molar-refractivity contribution is 9.10. The van der Waals surface area contributed by atoms with Gasteiger partial charge in [0.25, 0.3) is 0 Å². The van der Waals surface area contributed by atoms with E-state index in [0.29, 0.717) is 16.3 Å². The van der Waals surface area contributed by atoms with Gasteiger partial charge in [0.2, 0.25) is 0 Å². The van der Waals surface area contributed by atoms with E-state index in [2.05, 4.69) is 25.9 Å². The smallest absolute Gasteiger partial charge is 0.156 e. The van der Waals surface area contributed by atoms with Crippen molar-refractivity contribution in [3.63, 3.8) is 0 Å². The van der Waals surface area contributed by atoms with Crippen molar-refractivity contribution in [1.29, 1.82) is 0 Å². The Morgan fingerprint density at radius 2 is 2.29 bits per heavy atom. The minimum Gasteiger partial charge on any atom is -0.393 e. The van der Waals surface area contributed by atoms with Gasteiger partial charge in [0.05, 0.1) is 18.0 Å². The monoisotopic (exact) mass is 257 g/mol. The first kappa shape index (κ1) is 9.86. The van der Waals surface area contributed by atoms with Gasteiger partial charge in [0.1, 0.15) is 4.60 Å². The minimum atomic E-state index is -0.182. The summed E-state index contributed by atoms with van der Waals surface area (Å²) < 4.78 is 0.594. The lowest BCUT2D eigenvalue weighted by molar-refractivity contribution is 0.181. The zero-order valence-electron chi connectivity index (χ0n) is 7.65. The number of aliphatic hydroxyl groups excluding tert-OH is 1. The van der Waals surface area contributed by atoms with Gasteiger partial charge in [0, 0.05) is 5.92 Å². The molecular weight excluding hydrogens is 246 g/mol. The number of nitrogens with two attached hydrogens (primary N) is 1. The summed E-state index contributed by atoms with van der Waals surface area (Å²) in [6.45, 7) is 0. The number of hydrogen-bond donors (Lipinski definition) is 2. The van der Waals surface area contributed by atoms with Crippen molar-refractivity contribution in [2.24, 2.45) is 0 Å². The lowest BCUT2D eigenvalue weighted by Gasteiger charge is -2.08. The van der Waals surface area contributed by atoms with Crippen LogP contribution in [0.15, 0.2) is 10.8 Å². The molecule has 1 aromatic rings. The van der Waals surface area contributed by atoms with E-state index < -0.39 is 0 Å². The molecule has 76 valence electrons. The third kappa shape index (κ3) is 1.88. The Morgan fingerprint density at radius 3 is 2.86 bits per heavy atom. The molecule has 0 amide bonds. The van der Waals surface area contributed by atoms with Crippen LogP contribution in [0.5, 0.6) is 0 Å². The SMILES string of the molecule is Nc1ncc([C@@H]2CC[C@@H](O)C2)nc1Br. The van der Waals surface area contributed by atoms with E-state index in [-0.39, 0.29) is 6.10 Å². The lowest BCUT2D eigenvalue weighted by atomic mass is 10.0. The summed E-state index contributed by atoms with van der Waals surface area (Å²) in [6.07, 6.45) is 4.13. The molecule has 0 radical (unpaired) electrons. The Morgan fingerprint density at radius 1 is 1.50 bits per heavy atom. The van der Waals surface area contributed by atoms with Gasteiger partial charge in [0.15, 0.2) is 5.82 Å². The highest BCUT2D eigenvalue weighted by atomic mass is 79.9. The molecule has 1 fully saturated rings. The fraction of sp³-hybridized carbons (Fsp3) is 0.556. The molecule has 1 heterocycles. The van der Waals surface area contributed by atoms with Crippen molar-refractivity contribution in [3.8, 4) is 0 Å². The molecular formula is C9H12BrN3O. The Bertz CT molecular complexity index is 345. The van der Waals surface area contributed by atoms with Crippen LogP contribution < -0.4 is 5.73 Å². The van der Waals surface area contributed by atoms with Crippen molar-refractivity contribution >= 4 is 21.7 Å². The Labute approximate surface area is 90.7 Å². The lowest BCUT2D eigenvalue weighted by Crippen LogP contribution is -2.03. The fourth-order valence-corrected chi connectivity index (χ4v) is 2.12. The average molecular weight is 258 g/mol. The quantitative estimate of drug-likeness (QED) is 0.799.